The van der Waals surface area contributed by atoms with Gasteiger partial charge in [0.15, 0.2) is 0 Å². The summed E-state index contributed by atoms with van der Waals surface area (Å²) < 4.78 is 0. The predicted molar refractivity (Wildman–Crippen MR) is 170 cm³/mol. The molecule has 1 unspecified atom stereocenters. The van der Waals surface area contributed by atoms with Crippen molar-refractivity contribution in [3.05, 3.63) is 120 Å². The first-order valence-corrected chi connectivity index (χ1v) is 14.2. The van der Waals surface area contributed by atoms with Crippen molar-refractivity contribution >= 4 is 38.4 Å². The molecule has 0 aliphatic heterocycles. The first-order chi connectivity index (χ1) is 19.5. The molecule has 1 aliphatic rings. The number of aromatic nitrogens is 2. The van der Waals surface area contributed by atoms with Crippen LogP contribution in [0.3, 0.4) is 0 Å². The molecule has 192 valence electrons. The van der Waals surface area contributed by atoms with Crippen LogP contribution in [0, 0.1) is 19.8 Å². The summed E-state index contributed by atoms with van der Waals surface area (Å²) in [5.74, 6) is 1.47. The van der Waals surface area contributed by atoms with E-state index < -0.39 is 0 Å². The van der Waals surface area contributed by atoms with Crippen LogP contribution >= 0.6 is 0 Å². The van der Waals surface area contributed by atoms with Crippen LogP contribution in [-0.2, 0) is 6.42 Å². The minimum atomic E-state index is 0.519. The van der Waals surface area contributed by atoms with Gasteiger partial charge in [0.2, 0.25) is 0 Å². The van der Waals surface area contributed by atoms with Gasteiger partial charge in [-0.3, -0.25) is 0 Å². The molecular weight excluding hydrogens is 484 g/mol. The van der Waals surface area contributed by atoms with Gasteiger partial charge in [-0.1, -0.05) is 109 Å². The van der Waals surface area contributed by atoms with Gasteiger partial charge in [0.05, 0.1) is 5.69 Å². The minimum absolute atomic E-state index is 0.519. The smallest absolute Gasteiger partial charge is 0.138 e. The molecule has 8 rings (SSSR count). The Labute approximate surface area is 234 Å². The molecule has 0 spiro atoms. The molecule has 0 radical (unpaired) electrons. The maximum Gasteiger partial charge on any atom is 0.138 e. The van der Waals surface area contributed by atoms with Gasteiger partial charge in [0.25, 0.3) is 0 Å². The monoisotopic (exact) mass is 514 g/mol. The molecule has 2 nitrogen and oxygen atoms in total. The number of nitrogens with zero attached hydrogens (tertiary/aromatic N) is 1. The fourth-order valence-electron chi connectivity index (χ4n) is 6.54. The molecule has 6 aromatic carbocycles. The number of nitrogens with one attached hydrogen (secondary N) is 1. The predicted octanol–water partition coefficient (Wildman–Crippen LogP) is 10.1. The Bertz CT molecular complexity index is 2090. The lowest BCUT2D eigenvalue weighted by molar-refractivity contribution is 0.703. The zero-order chi connectivity index (χ0) is 27.0. The van der Waals surface area contributed by atoms with Gasteiger partial charge in [-0.05, 0) is 92.9 Å². The Hall–Kier alpha value is -4.69. The van der Waals surface area contributed by atoms with Gasteiger partial charge in [0.1, 0.15) is 5.82 Å². The number of rotatable bonds is 3. The second kappa shape index (κ2) is 8.66. The Balaban J connectivity index is 1.48. The molecule has 1 N–H and O–H groups in total. The van der Waals surface area contributed by atoms with E-state index in [1.165, 1.54) is 71.4 Å². The number of allylic oxidation sites excluding steroid dienone is 1. The summed E-state index contributed by atoms with van der Waals surface area (Å²) in [7, 11) is 0. The summed E-state index contributed by atoms with van der Waals surface area (Å²) in [4.78, 5) is 8.84. The number of fused-ring (bicyclic) bond motifs is 1. The van der Waals surface area contributed by atoms with E-state index in [0.29, 0.717) is 5.92 Å². The van der Waals surface area contributed by atoms with Crippen LogP contribution in [-0.4, -0.2) is 9.97 Å². The van der Waals surface area contributed by atoms with Crippen molar-refractivity contribution in [2.75, 3.05) is 0 Å². The van der Waals surface area contributed by atoms with Crippen molar-refractivity contribution in [1.29, 1.82) is 0 Å². The summed E-state index contributed by atoms with van der Waals surface area (Å²) in [6.45, 7) is 6.55. The lowest BCUT2D eigenvalue weighted by Gasteiger charge is -2.19. The number of aromatic amines is 1. The first kappa shape index (κ1) is 23.2. The molecule has 0 bridgehead atoms. The normalized spacial score (nSPS) is 14.9. The molecule has 0 saturated carbocycles. The second-order valence-corrected chi connectivity index (χ2v) is 11.6. The van der Waals surface area contributed by atoms with Crippen LogP contribution in [0.5, 0.6) is 0 Å². The van der Waals surface area contributed by atoms with E-state index in [0.717, 1.165) is 23.5 Å². The summed E-state index contributed by atoms with van der Waals surface area (Å²) in [6, 6.07) is 34.0. The maximum atomic E-state index is 5.12. The minimum Gasteiger partial charge on any atom is -0.341 e. The van der Waals surface area contributed by atoms with Crippen molar-refractivity contribution in [2.45, 2.75) is 27.2 Å². The summed E-state index contributed by atoms with van der Waals surface area (Å²) in [6.07, 6.45) is 5.44. The highest BCUT2D eigenvalue weighted by atomic mass is 14.9. The average Bonchev–Trinajstić information content (AvgIpc) is 3.39. The molecule has 0 saturated heterocycles. The number of aryl methyl sites for hydroxylation is 2. The van der Waals surface area contributed by atoms with Crippen LogP contribution in [0.2, 0.25) is 0 Å². The largest absolute Gasteiger partial charge is 0.341 e. The molecule has 1 heterocycles. The van der Waals surface area contributed by atoms with E-state index in [9.17, 15) is 0 Å². The van der Waals surface area contributed by atoms with Gasteiger partial charge < -0.3 is 4.98 Å². The van der Waals surface area contributed by atoms with Gasteiger partial charge >= 0.3 is 0 Å². The van der Waals surface area contributed by atoms with Crippen molar-refractivity contribution in [1.82, 2.24) is 9.97 Å². The van der Waals surface area contributed by atoms with Gasteiger partial charge in [-0.15, -0.1) is 0 Å². The number of H-pyrrole nitrogens is 1. The van der Waals surface area contributed by atoms with Crippen LogP contribution in [0.4, 0.5) is 0 Å². The lowest BCUT2D eigenvalue weighted by atomic mass is 9.85. The quantitative estimate of drug-likeness (QED) is 0.233. The van der Waals surface area contributed by atoms with Crippen LogP contribution in [0.25, 0.3) is 72.0 Å². The second-order valence-electron chi connectivity index (χ2n) is 11.6. The average molecular weight is 515 g/mol. The van der Waals surface area contributed by atoms with Crippen molar-refractivity contribution in [2.24, 2.45) is 5.92 Å². The summed E-state index contributed by atoms with van der Waals surface area (Å²) in [5, 5.41) is 7.73. The molecule has 1 aliphatic carbocycles. The van der Waals surface area contributed by atoms with Crippen LogP contribution in [0.1, 0.15) is 29.4 Å². The number of imidazole rings is 1. The highest BCUT2D eigenvalue weighted by Crippen LogP contribution is 2.45. The van der Waals surface area contributed by atoms with E-state index in [1.54, 1.807) is 0 Å². The van der Waals surface area contributed by atoms with Crippen LogP contribution < -0.4 is 0 Å². The van der Waals surface area contributed by atoms with E-state index in [4.69, 9.17) is 4.98 Å². The third-order valence-corrected chi connectivity index (χ3v) is 8.68. The maximum absolute atomic E-state index is 5.12. The molecular formula is C38H30N2. The zero-order valence-corrected chi connectivity index (χ0v) is 23.0. The Morgan fingerprint density at radius 3 is 1.98 bits per heavy atom. The van der Waals surface area contributed by atoms with Crippen molar-refractivity contribution in [3.8, 4) is 33.6 Å². The molecule has 2 heteroatoms. The number of hydrogen-bond donors (Lipinski definition) is 1. The molecule has 0 fully saturated rings. The SMILES string of the molecule is Cc1ccc(-c2ccc3ccc4c(-c5ccc(C)cc5)cc(-c5nc6c([nH]5)CC(C)C=C6)c5ccc2c3c45)cc1. The van der Waals surface area contributed by atoms with Crippen LogP contribution in [0.15, 0.2) is 97.1 Å². The highest BCUT2D eigenvalue weighted by molar-refractivity contribution is 6.29. The molecule has 40 heavy (non-hydrogen) atoms. The fourth-order valence-corrected chi connectivity index (χ4v) is 6.54. The van der Waals surface area contributed by atoms with Crippen molar-refractivity contribution in [3.63, 3.8) is 0 Å². The molecule has 0 amide bonds. The van der Waals surface area contributed by atoms with Gasteiger partial charge in [-0.25, -0.2) is 4.98 Å². The van der Waals surface area contributed by atoms with Gasteiger partial charge in [-0.2, -0.15) is 0 Å². The summed E-state index contributed by atoms with van der Waals surface area (Å²) >= 11 is 0. The fraction of sp³-hybridized carbons (Fsp3) is 0.132. The molecule has 1 atom stereocenters. The third-order valence-electron chi connectivity index (χ3n) is 8.68. The molecule has 7 aromatic rings. The number of hydrogen-bond acceptors (Lipinski definition) is 1. The molecule has 1 aromatic heterocycles. The van der Waals surface area contributed by atoms with Crippen molar-refractivity contribution < 1.29 is 0 Å². The van der Waals surface area contributed by atoms with E-state index >= 15 is 0 Å². The van der Waals surface area contributed by atoms with E-state index in [2.05, 4.69) is 129 Å². The summed E-state index contributed by atoms with van der Waals surface area (Å²) in [5.41, 5.74) is 11.0. The Kier molecular flexibility index (Phi) is 5.03. The highest BCUT2D eigenvalue weighted by Gasteiger charge is 2.21. The first-order valence-electron chi connectivity index (χ1n) is 14.2. The zero-order valence-electron chi connectivity index (χ0n) is 23.0. The van der Waals surface area contributed by atoms with E-state index in [-0.39, 0.29) is 0 Å². The topological polar surface area (TPSA) is 28.7 Å². The number of benzene rings is 6. The van der Waals surface area contributed by atoms with Gasteiger partial charge in [0, 0.05) is 11.3 Å². The lowest BCUT2D eigenvalue weighted by Crippen LogP contribution is -2.02. The Morgan fingerprint density at radius 2 is 1.25 bits per heavy atom. The third kappa shape index (κ3) is 3.53. The van der Waals surface area contributed by atoms with E-state index in [1.807, 2.05) is 0 Å². The standard InChI is InChI=1S/C38H30N2/c1-22-4-9-25(10-5-22)28-15-13-27-14-16-30-32(26-11-6-23(2)7-12-26)21-33(31-18-17-29(28)36(27)37(30)31)38-39-34-19-8-24(3)20-35(34)40-38/h4-19,21,24H,20H2,1-3H3,(H,39,40). The Morgan fingerprint density at radius 1 is 0.650 bits per heavy atom.